The fourth-order valence-corrected chi connectivity index (χ4v) is 5.40. The van der Waals surface area contributed by atoms with Crippen LogP contribution in [-0.4, -0.2) is 0 Å². The predicted molar refractivity (Wildman–Crippen MR) is 148 cm³/mol. The molecule has 0 N–H and O–H groups in total. The van der Waals surface area contributed by atoms with E-state index in [0.717, 1.165) is 55.0 Å². The van der Waals surface area contributed by atoms with E-state index in [-0.39, 0.29) is 18.9 Å². The average Bonchev–Trinajstić information content (AvgIpc) is 2.91. The van der Waals surface area contributed by atoms with Crippen LogP contribution in [0.1, 0.15) is 83.3 Å². The van der Waals surface area contributed by atoms with Crippen LogP contribution < -0.4 is 4.74 Å². The maximum atomic E-state index is 14.7. The van der Waals surface area contributed by atoms with E-state index in [2.05, 4.69) is 6.92 Å². The van der Waals surface area contributed by atoms with Crippen molar-refractivity contribution < 1.29 is 26.7 Å². The quantitative estimate of drug-likeness (QED) is 0.181. The molecule has 0 unspecified atom stereocenters. The zero-order valence-corrected chi connectivity index (χ0v) is 21.8. The second kappa shape index (κ2) is 14.0. The first kappa shape index (κ1) is 30.6. The molecule has 0 spiro atoms. The number of aryl methyl sites for hydroxylation is 1. The van der Waals surface area contributed by atoms with E-state index in [1.165, 1.54) is 63.0 Å². The average molecular weight is 547 g/mol. The minimum atomic E-state index is -4.50. The van der Waals surface area contributed by atoms with E-state index < -0.39 is 23.4 Å². The monoisotopic (exact) mass is 546 g/mol. The molecule has 39 heavy (non-hydrogen) atoms. The van der Waals surface area contributed by atoms with Gasteiger partial charge in [0.15, 0.2) is 11.6 Å². The number of unbranched alkanes of at least 4 members (excludes halogenated alkanes) is 2. The van der Waals surface area contributed by atoms with Crippen LogP contribution in [0.4, 0.5) is 22.0 Å². The number of hydrogen-bond acceptors (Lipinski definition) is 1. The Morgan fingerprint density at radius 2 is 1.38 bits per heavy atom. The molecule has 3 aromatic rings. The van der Waals surface area contributed by atoms with Gasteiger partial charge in [-0.05, 0) is 72.2 Å². The van der Waals surface area contributed by atoms with Gasteiger partial charge in [0.2, 0.25) is 5.82 Å². The van der Waals surface area contributed by atoms with Crippen molar-refractivity contribution in [2.24, 2.45) is 11.8 Å². The SMILES string of the molecule is C.CCCCCC1CCC(CCc2ccc(-c3ccc(F)c(F)c3Oc3ccc(C(F)(F)F)cc3)cc2)CC1. The molecule has 0 radical (unpaired) electrons. The Morgan fingerprint density at radius 1 is 0.769 bits per heavy atom. The third kappa shape index (κ3) is 8.30. The lowest BCUT2D eigenvalue weighted by molar-refractivity contribution is -0.137. The lowest BCUT2D eigenvalue weighted by Gasteiger charge is -2.28. The molecular weight excluding hydrogens is 507 g/mol. The molecule has 212 valence electrons. The van der Waals surface area contributed by atoms with Crippen LogP contribution >= 0.6 is 0 Å². The van der Waals surface area contributed by atoms with Gasteiger partial charge in [-0.1, -0.05) is 90.0 Å². The van der Waals surface area contributed by atoms with Crippen LogP contribution in [0.5, 0.6) is 11.5 Å². The summed E-state index contributed by atoms with van der Waals surface area (Å²) in [6, 6.07) is 14.0. The Bertz CT molecular complexity index is 1160. The molecule has 0 aliphatic heterocycles. The molecule has 4 rings (SSSR count). The maximum absolute atomic E-state index is 14.7. The Balaban J connectivity index is 0.00000420. The summed E-state index contributed by atoms with van der Waals surface area (Å²) in [4.78, 5) is 0. The summed E-state index contributed by atoms with van der Waals surface area (Å²) >= 11 is 0. The Kier molecular flexibility index (Phi) is 11.0. The minimum absolute atomic E-state index is 0. The van der Waals surface area contributed by atoms with Crippen LogP contribution in [0.25, 0.3) is 11.1 Å². The second-order valence-electron chi connectivity index (χ2n) is 10.5. The molecule has 0 heterocycles. The molecular formula is C33H39F5O. The second-order valence-corrected chi connectivity index (χ2v) is 10.5. The van der Waals surface area contributed by atoms with Crippen molar-refractivity contribution in [3.63, 3.8) is 0 Å². The van der Waals surface area contributed by atoms with E-state index in [4.69, 9.17) is 4.74 Å². The van der Waals surface area contributed by atoms with Crippen molar-refractivity contribution in [3.8, 4) is 22.6 Å². The lowest BCUT2D eigenvalue weighted by atomic mass is 9.78. The van der Waals surface area contributed by atoms with Crippen LogP contribution in [0, 0.1) is 23.5 Å². The first-order chi connectivity index (χ1) is 18.2. The highest BCUT2D eigenvalue weighted by molar-refractivity contribution is 5.71. The molecule has 1 nitrogen and oxygen atoms in total. The van der Waals surface area contributed by atoms with Gasteiger partial charge < -0.3 is 4.74 Å². The Hall–Kier alpha value is -2.89. The summed E-state index contributed by atoms with van der Waals surface area (Å²) in [6.45, 7) is 2.25. The van der Waals surface area contributed by atoms with Crippen molar-refractivity contribution >= 4 is 0 Å². The standard InChI is InChI=1S/C32H35F5O.CH4/c1-2-3-4-5-22-6-8-23(9-7-22)10-11-24-12-14-25(15-13-24)28-20-21-29(33)30(34)31(28)38-27-18-16-26(17-19-27)32(35,36)37;/h12-23H,2-11H2,1H3;1H4. The van der Waals surface area contributed by atoms with Crippen molar-refractivity contribution in [2.45, 2.75) is 84.7 Å². The summed E-state index contributed by atoms with van der Waals surface area (Å²) in [6.07, 6.45) is 8.24. The van der Waals surface area contributed by atoms with Crippen LogP contribution in [0.2, 0.25) is 0 Å². The summed E-state index contributed by atoms with van der Waals surface area (Å²) in [5, 5.41) is 0. The number of benzene rings is 3. The molecule has 6 heteroatoms. The van der Waals surface area contributed by atoms with E-state index >= 15 is 0 Å². The smallest absolute Gasteiger partial charge is 0.416 e. The van der Waals surface area contributed by atoms with Gasteiger partial charge >= 0.3 is 6.18 Å². The molecule has 0 amide bonds. The summed E-state index contributed by atoms with van der Waals surface area (Å²) in [7, 11) is 0. The largest absolute Gasteiger partial charge is 0.454 e. The molecule has 1 aliphatic carbocycles. The van der Waals surface area contributed by atoms with Crippen molar-refractivity contribution in [2.75, 3.05) is 0 Å². The topological polar surface area (TPSA) is 9.23 Å². The van der Waals surface area contributed by atoms with Gasteiger partial charge in [0.1, 0.15) is 5.75 Å². The fourth-order valence-electron chi connectivity index (χ4n) is 5.40. The van der Waals surface area contributed by atoms with Crippen molar-refractivity contribution in [1.29, 1.82) is 0 Å². The number of halogens is 5. The number of ether oxygens (including phenoxy) is 1. The fraction of sp³-hybridized carbons (Fsp3) is 0.455. The zero-order valence-electron chi connectivity index (χ0n) is 21.8. The van der Waals surface area contributed by atoms with Gasteiger partial charge in [0.05, 0.1) is 5.56 Å². The lowest BCUT2D eigenvalue weighted by Crippen LogP contribution is -2.15. The van der Waals surface area contributed by atoms with Crippen LogP contribution in [0.3, 0.4) is 0 Å². The summed E-state index contributed by atoms with van der Waals surface area (Å²) in [5.74, 6) is -0.989. The van der Waals surface area contributed by atoms with Crippen LogP contribution in [0.15, 0.2) is 60.7 Å². The Labute approximate surface area is 229 Å². The third-order valence-electron chi connectivity index (χ3n) is 7.74. The summed E-state index contributed by atoms with van der Waals surface area (Å²) in [5.41, 5.74) is 1.31. The maximum Gasteiger partial charge on any atom is 0.416 e. The number of alkyl halides is 3. The normalized spacial score (nSPS) is 17.5. The highest BCUT2D eigenvalue weighted by atomic mass is 19.4. The first-order valence-corrected chi connectivity index (χ1v) is 13.7. The first-order valence-electron chi connectivity index (χ1n) is 13.7. The zero-order chi connectivity index (χ0) is 27.1. The molecule has 1 fully saturated rings. The van der Waals surface area contributed by atoms with E-state index in [1.54, 1.807) is 0 Å². The van der Waals surface area contributed by atoms with E-state index in [9.17, 15) is 22.0 Å². The molecule has 1 aliphatic rings. The predicted octanol–water partition coefficient (Wildman–Crippen LogP) is 11.4. The van der Waals surface area contributed by atoms with Gasteiger partial charge in [-0.25, -0.2) is 4.39 Å². The Morgan fingerprint density at radius 3 is 1.97 bits per heavy atom. The van der Waals surface area contributed by atoms with Crippen molar-refractivity contribution in [3.05, 3.63) is 83.4 Å². The van der Waals surface area contributed by atoms with Gasteiger partial charge in [-0.3, -0.25) is 0 Å². The highest BCUT2D eigenvalue weighted by Crippen LogP contribution is 2.39. The van der Waals surface area contributed by atoms with Crippen LogP contribution in [-0.2, 0) is 12.6 Å². The highest BCUT2D eigenvalue weighted by Gasteiger charge is 2.30. The molecule has 1 saturated carbocycles. The molecule has 0 aromatic heterocycles. The molecule has 0 atom stereocenters. The van der Waals surface area contributed by atoms with Crippen molar-refractivity contribution in [1.82, 2.24) is 0 Å². The van der Waals surface area contributed by atoms with Gasteiger partial charge in [-0.15, -0.1) is 0 Å². The molecule has 0 saturated heterocycles. The number of hydrogen-bond donors (Lipinski definition) is 0. The minimum Gasteiger partial charge on any atom is -0.454 e. The third-order valence-corrected chi connectivity index (χ3v) is 7.74. The molecule has 0 bridgehead atoms. The summed E-state index contributed by atoms with van der Waals surface area (Å²) < 4.78 is 72.9. The van der Waals surface area contributed by atoms with E-state index in [0.29, 0.717) is 11.1 Å². The number of rotatable bonds is 10. The van der Waals surface area contributed by atoms with Gasteiger partial charge in [0, 0.05) is 5.56 Å². The van der Waals surface area contributed by atoms with E-state index in [1.807, 2.05) is 24.3 Å². The van der Waals surface area contributed by atoms with Gasteiger partial charge in [0.25, 0.3) is 0 Å². The molecule has 3 aromatic carbocycles. The van der Waals surface area contributed by atoms with Gasteiger partial charge in [-0.2, -0.15) is 17.6 Å².